The van der Waals surface area contributed by atoms with Gasteiger partial charge in [-0.05, 0) is 12.1 Å². The fraction of sp³-hybridized carbons (Fsp3) is 0.385. The molecule has 0 aliphatic rings. The lowest BCUT2D eigenvalue weighted by molar-refractivity contribution is -0.136. The average Bonchev–Trinajstić information content (AvgIpc) is 2.41. The lowest BCUT2D eigenvalue weighted by atomic mass is 10.4. The molecule has 0 aromatic heterocycles. The van der Waals surface area contributed by atoms with Crippen LogP contribution in [0.1, 0.15) is 6.42 Å². The normalized spacial score (nSPS) is 10.1. The quantitative estimate of drug-likeness (QED) is 0.540. The predicted octanol–water partition coefficient (Wildman–Crippen LogP) is 2.10. The standard InChI is InChI=1S/C13H17NO3S2/c15-12(10-18-8-6-13(16)17)14-7-9-19-11-4-2-1-3-5-11/h1-5H,6-10H2,(H,14,15)(H,16,17). The number of hydrogen-bond donors (Lipinski definition) is 2. The van der Waals surface area contributed by atoms with Crippen LogP contribution in [0.25, 0.3) is 0 Å². The van der Waals surface area contributed by atoms with Crippen molar-refractivity contribution >= 4 is 35.4 Å². The smallest absolute Gasteiger partial charge is 0.304 e. The summed E-state index contributed by atoms with van der Waals surface area (Å²) in [7, 11) is 0. The van der Waals surface area contributed by atoms with Crippen molar-refractivity contribution in [3.05, 3.63) is 30.3 Å². The summed E-state index contributed by atoms with van der Waals surface area (Å²) in [4.78, 5) is 22.9. The molecule has 0 radical (unpaired) electrons. The van der Waals surface area contributed by atoms with E-state index in [0.29, 0.717) is 18.1 Å². The van der Waals surface area contributed by atoms with Crippen LogP contribution in [0.2, 0.25) is 0 Å². The van der Waals surface area contributed by atoms with E-state index in [2.05, 4.69) is 5.32 Å². The highest BCUT2D eigenvalue weighted by Gasteiger charge is 2.02. The van der Waals surface area contributed by atoms with Gasteiger partial charge in [-0.3, -0.25) is 9.59 Å². The Bertz CT molecular complexity index is 398. The number of amides is 1. The summed E-state index contributed by atoms with van der Waals surface area (Å²) < 4.78 is 0. The average molecular weight is 299 g/mol. The minimum absolute atomic E-state index is 0.0379. The molecule has 19 heavy (non-hydrogen) atoms. The number of nitrogens with one attached hydrogen (secondary N) is 1. The topological polar surface area (TPSA) is 66.4 Å². The van der Waals surface area contributed by atoms with Gasteiger partial charge in [-0.2, -0.15) is 11.8 Å². The third-order valence-electron chi connectivity index (χ3n) is 2.13. The van der Waals surface area contributed by atoms with Crippen molar-refractivity contribution in [1.29, 1.82) is 0 Å². The van der Waals surface area contributed by atoms with Gasteiger partial charge in [-0.1, -0.05) is 18.2 Å². The molecule has 4 nitrogen and oxygen atoms in total. The van der Waals surface area contributed by atoms with Crippen molar-refractivity contribution in [1.82, 2.24) is 5.32 Å². The van der Waals surface area contributed by atoms with E-state index in [-0.39, 0.29) is 12.3 Å². The first-order valence-electron chi connectivity index (χ1n) is 5.92. The molecule has 0 saturated carbocycles. The van der Waals surface area contributed by atoms with Crippen LogP contribution in [0.5, 0.6) is 0 Å². The van der Waals surface area contributed by atoms with E-state index in [1.165, 1.54) is 16.7 Å². The molecular formula is C13H17NO3S2. The van der Waals surface area contributed by atoms with Crippen molar-refractivity contribution < 1.29 is 14.7 Å². The first-order valence-corrected chi connectivity index (χ1v) is 8.06. The zero-order valence-electron chi connectivity index (χ0n) is 10.5. The van der Waals surface area contributed by atoms with E-state index in [9.17, 15) is 9.59 Å². The molecule has 0 aliphatic heterocycles. The molecule has 1 amide bonds. The SMILES string of the molecule is O=C(O)CCSCC(=O)NCCSc1ccccc1. The summed E-state index contributed by atoms with van der Waals surface area (Å²) >= 11 is 3.04. The van der Waals surface area contributed by atoms with Crippen LogP contribution >= 0.6 is 23.5 Å². The zero-order valence-corrected chi connectivity index (χ0v) is 12.1. The molecule has 0 bridgehead atoms. The summed E-state index contributed by atoms with van der Waals surface area (Å²) in [6.07, 6.45) is 0.0990. The number of carbonyl (C=O) groups is 2. The maximum absolute atomic E-state index is 11.4. The molecule has 1 aromatic carbocycles. The number of carboxylic acids is 1. The maximum atomic E-state index is 11.4. The van der Waals surface area contributed by atoms with Gasteiger partial charge in [-0.15, -0.1) is 11.8 Å². The van der Waals surface area contributed by atoms with Gasteiger partial charge < -0.3 is 10.4 Å². The largest absolute Gasteiger partial charge is 0.481 e. The van der Waals surface area contributed by atoms with E-state index in [1.807, 2.05) is 30.3 Å². The van der Waals surface area contributed by atoms with Gasteiger partial charge in [0.25, 0.3) is 0 Å². The molecule has 0 saturated heterocycles. The molecule has 2 N–H and O–H groups in total. The number of benzene rings is 1. The van der Waals surface area contributed by atoms with E-state index in [0.717, 1.165) is 5.75 Å². The molecule has 0 spiro atoms. The number of carboxylic acid groups (broad SMARTS) is 1. The Morgan fingerprint density at radius 3 is 2.58 bits per heavy atom. The second kappa shape index (κ2) is 9.75. The van der Waals surface area contributed by atoms with Crippen molar-refractivity contribution in [2.24, 2.45) is 0 Å². The zero-order chi connectivity index (χ0) is 13.9. The summed E-state index contributed by atoms with van der Waals surface area (Å²) in [6, 6.07) is 10.0. The van der Waals surface area contributed by atoms with Crippen LogP contribution in [0.4, 0.5) is 0 Å². The highest BCUT2D eigenvalue weighted by Crippen LogP contribution is 2.15. The van der Waals surface area contributed by atoms with Gasteiger partial charge in [0.2, 0.25) is 5.91 Å². The Morgan fingerprint density at radius 2 is 1.89 bits per heavy atom. The Morgan fingerprint density at radius 1 is 1.16 bits per heavy atom. The van der Waals surface area contributed by atoms with Crippen LogP contribution in [0.15, 0.2) is 35.2 Å². The molecule has 0 atom stereocenters. The van der Waals surface area contributed by atoms with Crippen LogP contribution in [0.3, 0.4) is 0 Å². The van der Waals surface area contributed by atoms with Crippen LogP contribution in [-0.2, 0) is 9.59 Å². The number of rotatable bonds is 9. The van der Waals surface area contributed by atoms with Crippen molar-refractivity contribution in [3.63, 3.8) is 0 Å². The molecule has 0 fully saturated rings. The molecule has 6 heteroatoms. The number of thioether (sulfide) groups is 2. The second-order valence-electron chi connectivity index (χ2n) is 3.71. The van der Waals surface area contributed by atoms with Crippen LogP contribution < -0.4 is 5.32 Å². The lowest BCUT2D eigenvalue weighted by Crippen LogP contribution is -2.27. The second-order valence-corrected chi connectivity index (χ2v) is 5.98. The first-order chi connectivity index (χ1) is 9.18. The minimum Gasteiger partial charge on any atom is -0.481 e. The fourth-order valence-corrected chi connectivity index (χ4v) is 2.79. The van der Waals surface area contributed by atoms with E-state index >= 15 is 0 Å². The molecule has 104 valence electrons. The molecule has 1 rings (SSSR count). The fourth-order valence-electron chi connectivity index (χ4n) is 1.25. The molecular weight excluding hydrogens is 282 g/mol. The third-order valence-corrected chi connectivity index (χ3v) is 4.10. The van der Waals surface area contributed by atoms with Gasteiger partial charge in [0.05, 0.1) is 12.2 Å². The van der Waals surface area contributed by atoms with Crippen molar-refractivity contribution in [3.8, 4) is 0 Å². The van der Waals surface area contributed by atoms with Crippen LogP contribution in [-0.4, -0.2) is 40.8 Å². The van der Waals surface area contributed by atoms with E-state index < -0.39 is 5.97 Å². The Hall–Kier alpha value is -1.14. The van der Waals surface area contributed by atoms with Gasteiger partial charge >= 0.3 is 5.97 Å². The Labute approximate surface area is 121 Å². The van der Waals surface area contributed by atoms with Crippen molar-refractivity contribution in [2.45, 2.75) is 11.3 Å². The van der Waals surface area contributed by atoms with Gasteiger partial charge in [0.15, 0.2) is 0 Å². The van der Waals surface area contributed by atoms with Gasteiger partial charge in [0.1, 0.15) is 0 Å². The Balaban J connectivity index is 2.00. The highest BCUT2D eigenvalue weighted by atomic mass is 32.2. The summed E-state index contributed by atoms with van der Waals surface area (Å²) in [6.45, 7) is 0.623. The van der Waals surface area contributed by atoms with E-state index in [4.69, 9.17) is 5.11 Å². The molecule has 0 heterocycles. The molecule has 1 aromatic rings. The summed E-state index contributed by atoms with van der Waals surface area (Å²) in [5, 5.41) is 11.3. The highest BCUT2D eigenvalue weighted by molar-refractivity contribution is 8.00. The van der Waals surface area contributed by atoms with Gasteiger partial charge in [-0.25, -0.2) is 0 Å². The number of carbonyl (C=O) groups excluding carboxylic acids is 1. The molecule has 0 aliphatic carbocycles. The monoisotopic (exact) mass is 299 g/mol. The first kappa shape index (κ1) is 15.9. The summed E-state index contributed by atoms with van der Waals surface area (Å²) in [5.74, 6) is 0.761. The van der Waals surface area contributed by atoms with Crippen molar-refractivity contribution in [2.75, 3.05) is 23.8 Å². The third kappa shape index (κ3) is 8.56. The predicted molar refractivity (Wildman–Crippen MR) is 79.8 cm³/mol. The summed E-state index contributed by atoms with van der Waals surface area (Å²) in [5.41, 5.74) is 0. The van der Waals surface area contributed by atoms with Crippen LogP contribution in [0, 0.1) is 0 Å². The molecule has 0 unspecified atom stereocenters. The number of aliphatic carboxylic acids is 1. The lowest BCUT2D eigenvalue weighted by Gasteiger charge is -2.04. The minimum atomic E-state index is -0.827. The maximum Gasteiger partial charge on any atom is 0.304 e. The van der Waals surface area contributed by atoms with Gasteiger partial charge in [0, 0.05) is 22.9 Å². The Kier molecular flexibility index (Phi) is 8.16. The van der Waals surface area contributed by atoms with E-state index in [1.54, 1.807) is 11.8 Å². The number of hydrogen-bond acceptors (Lipinski definition) is 4.